The third-order valence-electron chi connectivity index (χ3n) is 5.46. The lowest BCUT2D eigenvalue weighted by atomic mass is 10.1. The van der Waals surface area contributed by atoms with Crippen LogP contribution in [0.15, 0.2) is 48.6 Å². The van der Waals surface area contributed by atoms with Gasteiger partial charge in [-0.15, -0.1) is 0 Å². The summed E-state index contributed by atoms with van der Waals surface area (Å²) in [6.07, 6.45) is 4.74. The third kappa shape index (κ3) is 4.95. The molecule has 0 saturated heterocycles. The lowest BCUT2D eigenvalue weighted by Crippen LogP contribution is -2.27. The van der Waals surface area contributed by atoms with E-state index in [1.807, 2.05) is 57.2 Å². The number of ether oxygens (including phenoxy) is 1. The maximum absolute atomic E-state index is 12.8. The van der Waals surface area contributed by atoms with Gasteiger partial charge in [0.05, 0.1) is 24.4 Å². The molecule has 0 aliphatic heterocycles. The predicted octanol–water partition coefficient (Wildman–Crippen LogP) is 3.68. The van der Waals surface area contributed by atoms with Gasteiger partial charge in [0.15, 0.2) is 0 Å². The zero-order valence-electron chi connectivity index (χ0n) is 19.0. The first kappa shape index (κ1) is 23.0. The van der Waals surface area contributed by atoms with Crippen LogP contribution in [0.4, 0.5) is 0 Å². The molecule has 1 amide bonds. The lowest BCUT2D eigenvalue weighted by molar-refractivity contribution is -0.117. The van der Waals surface area contributed by atoms with E-state index < -0.39 is 5.91 Å². The van der Waals surface area contributed by atoms with Crippen LogP contribution in [0.3, 0.4) is 0 Å². The number of rotatable bonds is 8. The zero-order valence-corrected chi connectivity index (χ0v) is 19.0. The Labute approximate surface area is 188 Å². The van der Waals surface area contributed by atoms with E-state index in [0.29, 0.717) is 6.61 Å². The first-order valence-corrected chi connectivity index (χ1v) is 10.4. The summed E-state index contributed by atoms with van der Waals surface area (Å²) in [5.41, 5.74) is 4.76. The zero-order chi connectivity index (χ0) is 23.3. The van der Waals surface area contributed by atoms with Crippen molar-refractivity contribution in [1.29, 1.82) is 5.26 Å². The number of aryl methyl sites for hydroxylation is 1. The Bertz CT molecular complexity index is 1140. The van der Waals surface area contributed by atoms with Gasteiger partial charge in [-0.1, -0.05) is 12.1 Å². The van der Waals surface area contributed by atoms with Crippen molar-refractivity contribution in [2.45, 2.75) is 39.8 Å². The summed E-state index contributed by atoms with van der Waals surface area (Å²) < 4.78 is 9.09. The van der Waals surface area contributed by atoms with Crippen LogP contribution in [-0.4, -0.2) is 39.0 Å². The van der Waals surface area contributed by atoms with Crippen molar-refractivity contribution in [2.75, 3.05) is 13.7 Å². The molecule has 0 bridgehead atoms. The molecule has 0 aliphatic rings. The molecular weight excluding hydrogens is 404 g/mol. The fourth-order valence-corrected chi connectivity index (χ4v) is 3.86. The number of benzene rings is 1. The van der Waals surface area contributed by atoms with E-state index in [1.54, 1.807) is 24.2 Å². The summed E-state index contributed by atoms with van der Waals surface area (Å²) in [7, 11) is 1.67. The maximum Gasteiger partial charge on any atom is 0.262 e. The molecule has 8 heteroatoms. The summed E-state index contributed by atoms with van der Waals surface area (Å²) in [5, 5.41) is 16.6. The Morgan fingerprint density at radius 3 is 2.59 bits per heavy atom. The van der Waals surface area contributed by atoms with Gasteiger partial charge in [-0.25, -0.2) is 9.67 Å². The molecule has 2 atom stereocenters. The topological polar surface area (TPSA) is 97.8 Å². The van der Waals surface area contributed by atoms with E-state index in [0.717, 1.165) is 28.2 Å². The quantitative estimate of drug-likeness (QED) is 0.433. The Balaban J connectivity index is 1.75. The summed E-state index contributed by atoms with van der Waals surface area (Å²) >= 11 is 0. The Morgan fingerprint density at radius 2 is 2.00 bits per heavy atom. The second kappa shape index (κ2) is 10.1. The standard InChI is InChI=1S/C24H28N6O2/c1-16-10-21(19(4)30(16)17(2)13-32-5)11-22(12-25)24(31)28-18(3)20-6-8-23(9-7-20)29-15-26-14-27-29/h6-11,14-15,17-18H,13H2,1-5H3,(H,28,31)/b22-11+. The second-order valence-electron chi connectivity index (χ2n) is 7.80. The van der Waals surface area contributed by atoms with Gasteiger partial charge in [0.1, 0.15) is 24.3 Å². The van der Waals surface area contributed by atoms with E-state index in [1.165, 1.54) is 6.33 Å². The number of nitrogens with zero attached hydrogens (tertiary/aromatic N) is 5. The van der Waals surface area contributed by atoms with Crippen molar-refractivity contribution in [3.05, 3.63) is 71.1 Å². The molecule has 166 valence electrons. The van der Waals surface area contributed by atoms with E-state index in [4.69, 9.17) is 4.74 Å². The monoisotopic (exact) mass is 432 g/mol. The van der Waals surface area contributed by atoms with Crippen molar-refractivity contribution in [3.8, 4) is 11.8 Å². The summed E-state index contributed by atoms with van der Waals surface area (Å²) in [5.74, 6) is -0.407. The van der Waals surface area contributed by atoms with E-state index in [9.17, 15) is 10.1 Å². The molecule has 32 heavy (non-hydrogen) atoms. The van der Waals surface area contributed by atoms with Crippen LogP contribution in [0.5, 0.6) is 0 Å². The number of hydrogen-bond donors (Lipinski definition) is 1. The first-order valence-electron chi connectivity index (χ1n) is 10.4. The largest absolute Gasteiger partial charge is 0.383 e. The molecule has 0 radical (unpaired) electrons. The third-order valence-corrected chi connectivity index (χ3v) is 5.46. The van der Waals surface area contributed by atoms with Gasteiger partial charge in [-0.05, 0) is 63.1 Å². The van der Waals surface area contributed by atoms with Crippen molar-refractivity contribution >= 4 is 12.0 Å². The molecule has 3 rings (SSSR count). The summed E-state index contributed by atoms with van der Waals surface area (Å²) in [6, 6.07) is 11.6. The van der Waals surface area contributed by atoms with Crippen LogP contribution in [0.1, 0.15) is 48.4 Å². The van der Waals surface area contributed by atoms with Gasteiger partial charge < -0.3 is 14.6 Å². The second-order valence-corrected chi connectivity index (χ2v) is 7.80. The van der Waals surface area contributed by atoms with Crippen LogP contribution < -0.4 is 5.32 Å². The average Bonchev–Trinajstić information content (AvgIpc) is 3.40. The van der Waals surface area contributed by atoms with E-state index in [2.05, 4.69) is 26.9 Å². The van der Waals surface area contributed by atoms with Gasteiger partial charge in [0, 0.05) is 18.5 Å². The lowest BCUT2D eigenvalue weighted by Gasteiger charge is -2.17. The molecule has 0 spiro atoms. The van der Waals surface area contributed by atoms with Gasteiger partial charge in [0.25, 0.3) is 5.91 Å². The van der Waals surface area contributed by atoms with E-state index >= 15 is 0 Å². The van der Waals surface area contributed by atoms with E-state index in [-0.39, 0.29) is 17.7 Å². The van der Waals surface area contributed by atoms with Gasteiger partial charge in [0.2, 0.25) is 0 Å². The normalized spacial score (nSPS) is 13.4. The average molecular weight is 433 g/mol. The number of nitriles is 1. The number of amides is 1. The minimum absolute atomic E-state index is 0.0655. The SMILES string of the molecule is COCC(C)n1c(C)cc(/C=C(\C#N)C(=O)NC(C)c2ccc(-n3cncn3)cc2)c1C. The van der Waals surface area contributed by atoms with Crippen LogP contribution in [0.2, 0.25) is 0 Å². The highest BCUT2D eigenvalue weighted by Gasteiger charge is 2.17. The fraction of sp³-hybridized carbons (Fsp3) is 0.333. The summed E-state index contributed by atoms with van der Waals surface area (Å²) in [6.45, 7) is 8.53. The van der Waals surface area contributed by atoms with Gasteiger partial charge in [-0.2, -0.15) is 10.4 Å². The number of hydrogen-bond acceptors (Lipinski definition) is 5. The molecule has 8 nitrogen and oxygen atoms in total. The van der Waals surface area contributed by atoms with Crippen molar-refractivity contribution < 1.29 is 9.53 Å². The highest BCUT2D eigenvalue weighted by Crippen LogP contribution is 2.23. The molecule has 1 aromatic carbocycles. The highest BCUT2D eigenvalue weighted by molar-refractivity contribution is 6.02. The number of nitrogens with one attached hydrogen (secondary N) is 1. The van der Waals surface area contributed by atoms with Crippen molar-refractivity contribution in [2.24, 2.45) is 0 Å². The molecule has 2 unspecified atom stereocenters. The maximum atomic E-state index is 12.8. The Morgan fingerprint density at radius 1 is 1.28 bits per heavy atom. The number of aromatic nitrogens is 4. The molecule has 3 aromatic rings. The molecule has 2 heterocycles. The minimum Gasteiger partial charge on any atom is -0.383 e. The smallest absolute Gasteiger partial charge is 0.262 e. The van der Waals surface area contributed by atoms with Gasteiger partial charge >= 0.3 is 0 Å². The molecule has 0 fully saturated rings. The molecule has 2 aromatic heterocycles. The molecule has 1 N–H and O–H groups in total. The van der Waals surface area contributed by atoms with Crippen LogP contribution >= 0.6 is 0 Å². The van der Waals surface area contributed by atoms with Crippen LogP contribution in [0.25, 0.3) is 11.8 Å². The number of carbonyl (C=O) groups excluding carboxylic acids is 1. The highest BCUT2D eigenvalue weighted by atomic mass is 16.5. The predicted molar refractivity (Wildman–Crippen MR) is 122 cm³/mol. The number of carbonyl (C=O) groups is 1. The Hall–Kier alpha value is -3.70. The minimum atomic E-state index is -0.407. The van der Waals surface area contributed by atoms with Crippen LogP contribution in [-0.2, 0) is 9.53 Å². The fourth-order valence-electron chi connectivity index (χ4n) is 3.86. The van der Waals surface area contributed by atoms with Crippen molar-refractivity contribution in [3.63, 3.8) is 0 Å². The van der Waals surface area contributed by atoms with Gasteiger partial charge in [-0.3, -0.25) is 4.79 Å². The first-order chi connectivity index (χ1) is 15.3. The molecular formula is C24H28N6O2. The number of methoxy groups -OCH3 is 1. The molecule has 0 saturated carbocycles. The van der Waals surface area contributed by atoms with Crippen molar-refractivity contribution in [1.82, 2.24) is 24.6 Å². The van der Waals surface area contributed by atoms with Crippen LogP contribution in [0, 0.1) is 25.2 Å². The molecule has 0 aliphatic carbocycles. The Kier molecular flexibility index (Phi) is 7.23. The summed E-state index contributed by atoms with van der Waals surface area (Å²) in [4.78, 5) is 16.7.